The van der Waals surface area contributed by atoms with E-state index < -0.39 is 10.0 Å². The summed E-state index contributed by atoms with van der Waals surface area (Å²) in [7, 11) is -1.77. The summed E-state index contributed by atoms with van der Waals surface area (Å²) in [6.45, 7) is 2.43. The third-order valence-corrected chi connectivity index (χ3v) is 6.59. The minimum absolute atomic E-state index is 0.171. The Hall–Kier alpha value is -2.29. The second-order valence-electron chi connectivity index (χ2n) is 6.91. The molecule has 8 heteroatoms. The summed E-state index contributed by atoms with van der Waals surface area (Å²) in [6.07, 6.45) is 6.20. The normalized spacial score (nSPS) is 20.8. The predicted molar refractivity (Wildman–Crippen MR) is 102 cm³/mol. The second kappa shape index (κ2) is 7.03. The number of rotatable bonds is 4. The summed E-state index contributed by atoms with van der Waals surface area (Å²) in [4.78, 5) is 8.72. The van der Waals surface area contributed by atoms with Crippen LogP contribution in [-0.4, -0.2) is 35.6 Å². The molecule has 0 aliphatic carbocycles. The standard InChI is InChI=1S/C19H22N4O3S/c1-13-5-6-18(15-4-3-8-21-19(13)15)27(24,25)22-14-7-9-26-17(10-14)16-11-20-12-23(16)2/h3-6,8,11-12,14,17,22H,7,9-10H2,1-2H3/t14-,17-/m1/s1. The monoisotopic (exact) mass is 386 g/mol. The van der Waals surface area contributed by atoms with E-state index in [0.717, 1.165) is 11.3 Å². The fraction of sp³-hybridized carbons (Fsp3) is 0.368. The number of aryl methyl sites for hydroxylation is 2. The van der Waals surface area contributed by atoms with Gasteiger partial charge in [-0.3, -0.25) is 4.98 Å². The molecular weight excluding hydrogens is 364 g/mol. The molecule has 142 valence electrons. The van der Waals surface area contributed by atoms with Gasteiger partial charge in [-0.15, -0.1) is 0 Å². The summed E-state index contributed by atoms with van der Waals surface area (Å²) < 4.78 is 36.8. The van der Waals surface area contributed by atoms with Crippen molar-refractivity contribution in [1.29, 1.82) is 0 Å². The van der Waals surface area contributed by atoms with Crippen molar-refractivity contribution in [2.75, 3.05) is 6.61 Å². The number of benzene rings is 1. The van der Waals surface area contributed by atoms with Crippen LogP contribution in [0.15, 0.2) is 47.9 Å². The summed E-state index contributed by atoms with van der Waals surface area (Å²) in [6, 6.07) is 6.81. The number of nitrogens with one attached hydrogen (secondary N) is 1. The highest BCUT2D eigenvalue weighted by Gasteiger charge is 2.30. The SMILES string of the molecule is Cc1ccc(S(=O)(=O)N[C@@H]2CCO[C@@H](c3cncn3C)C2)c2cccnc12. The van der Waals surface area contributed by atoms with Crippen molar-refractivity contribution < 1.29 is 13.2 Å². The van der Waals surface area contributed by atoms with Gasteiger partial charge in [-0.25, -0.2) is 18.1 Å². The first-order valence-electron chi connectivity index (χ1n) is 8.90. The average Bonchev–Trinajstić information content (AvgIpc) is 3.08. The first-order valence-corrected chi connectivity index (χ1v) is 10.4. The number of aromatic nitrogens is 3. The van der Waals surface area contributed by atoms with Crippen LogP contribution >= 0.6 is 0 Å². The van der Waals surface area contributed by atoms with Gasteiger partial charge in [0.2, 0.25) is 10.0 Å². The first-order chi connectivity index (χ1) is 13.0. The fourth-order valence-corrected chi connectivity index (χ4v) is 5.07. The number of imidazole rings is 1. The zero-order valence-electron chi connectivity index (χ0n) is 15.3. The highest BCUT2D eigenvalue weighted by molar-refractivity contribution is 7.89. The molecule has 1 aromatic carbocycles. The van der Waals surface area contributed by atoms with Crippen molar-refractivity contribution >= 4 is 20.9 Å². The molecule has 3 aromatic rings. The lowest BCUT2D eigenvalue weighted by molar-refractivity contribution is -0.0000410. The minimum atomic E-state index is -3.67. The predicted octanol–water partition coefficient (Wildman–Crippen LogP) is 2.48. The fourth-order valence-electron chi connectivity index (χ4n) is 3.59. The molecule has 4 rings (SSSR count). The summed E-state index contributed by atoms with van der Waals surface area (Å²) in [5, 5.41) is 0.639. The maximum absolute atomic E-state index is 13.1. The lowest BCUT2D eigenvalue weighted by atomic mass is 10.0. The third-order valence-electron chi connectivity index (χ3n) is 5.01. The van der Waals surface area contributed by atoms with Crippen LogP contribution in [0.2, 0.25) is 0 Å². The van der Waals surface area contributed by atoms with Crippen LogP contribution in [0.3, 0.4) is 0 Å². The Morgan fingerprint density at radius 3 is 2.93 bits per heavy atom. The second-order valence-corrected chi connectivity index (χ2v) is 8.59. The van der Waals surface area contributed by atoms with Crippen molar-refractivity contribution in [3.8, 4) is 0 Å². The molecule has 0 spiro atoms. The number of ether oxygens (including phenoxy) is 1. The molecule has 0 radical (unpaired) electrons. The summed E-state index contributed by atoms with van der Waals surface area (Å²) in [5.41, 5.74) is 2.61. The molecule has 2 aromatic heterocycles. The van der Waals surface area contributed by atoms with Gasteiger partial charge in [-0.05, 0) is 43.5 Å². The van der Waals surface area contributed by atoms with Gasteiger partial charge in [0.05, 0.1) is 28.6 Å². The molecule has 0 bridgehead atoms. The van der Waals surface area contributed by atoms with Gasteiger partial charge in [0.25, 0.3) is 0 Å². The highest BCUT2D eigenvalue weighted by atomic mass is 32.2. The molecule has 2 atom stereocenters. The van der Waals surface area contributed by atoms with E-state index in [-0.39, 0.29) is 17.0 Å². The topological polar surface area (TPSA) is 86.1 Å². The van der Waals surface area contributed by atoms with E-state index in [2.05, 4.69) is 14.7 Å². The maximum atomic E-state index is 13.1. The molecule has 3 heterocycles. The van der Waals surface area contributed by atoms with Gasteiger partial charge in [-0.1, -0.05) is 6.07 Å². The Labute approximate surface area is 158 Å². The molecule has 1 aliphatic rings. The molecule has 1 aliphatic heterocycles. The molecular formula is C19H22N4O3S. The van der Waals surface area contributed by atoms with Crippen molar-refractivity contribution in [3.63, 3.8) is 0 Å². The minimum Gasteiger partial charge on any atom is -0.372 e. The Morgan fingerprint density at radius 2 is 2.15 bits per heavy atom. The zero-order valence-corrected chi connectivity index (χ0v) is 16.1. The molecule has 1 saturated heterocycles. The molecule has 0 saturated carbocycles. The Morgan fingerprint density at radius 1 is 1.30 bits per heavy atom. The van der Waals surface area contributed by atoms with Crippen molar-refractivity contribution in [1.82, 2.24) is 19.3 Å². The molecule has 0 unspecified atom stereocenters. The third kappa shape index (κ3) is 3.47. The number of sulfonamides is 1. The van der Waals surface area contributed by atoms with Crippen LogP contribution < -0.4 is 4.72 Å². The quantitative estimate of drug-likeness (QED) is 0.744. The largest absolute Gasteiger partial charge is 0.372 e. The average molecular weight is 386 g/mol. The number of nitrogens with zero attached hydrogens (tertiary/aromatic N) is 3. The van der Waals surface area contributed by atoms with Crippen molar-refractivity contribution in [2.24, 2.45) is 7.05 Å². The Bertz CT molecular complexity index is 1080. The Kier molecular flexibility index (Phi) is 4.71. The van der Waals surface area contributed by atoms with Crippen LogP contribution in [0.5, 0.6) is 0 Å². The smallest absolute Gasteiger partial charge is 0.241 e. The van der Waals surface area contributed by atoms with E-state index >= 15 is 0 Å². The molecule has 0 amide bonds. The van der Waals surface area contributed by atoms with Gasteiger partial charge in [0.15, 0.2) is 0 Å². The highest BCUT2D eigenvalue weighted by Crippen LogP contribution is 2.30. The van der Waals surface area contributed by atoms with Crippen LogP contribution in [0, 0.1) is 6.92 Å². The lowest BCUT2D eigenvalue weighted by Gasteiger charge is -2.30. The zero-order chi connectivity index (χ0) is 19.0. The number of hydrogen-bond acceptors (Lipinski definition) is 5. The maximum Gasteiger partial charge on any atom is 0.241 e. The van der Waals surface area contributed by atoms with Crippen molar-refractivity contribution in [3.05, 3.63) is 54.2 Å². The number of hydrogen-bond donors (Lipinski definition) is 1. The van der Waals surface area contributed by atoms with E-state index in [1.54, 1.807) is 43.0 Å². The van der Waals surface area contributed by atoms with Crippen LogP contribution in [0.25, 0.3) is 10.9 Å². The van der Waals surface area contributed by atoms with E-state index in [9.17, 15) is 8.42 Å². The Balaban J connectivity index is 1.61. The van der Waals surface area contributed by atoms with Crippen LogP contribution in [0.4, 0.5) is 0 Å². The molecule has 7 nitrogen and oxygen atoms in total. The van der Waals surface area contributed by atoms with Gasteiger partial charge >= 0.3 is 0 Å². The number of pyridine rings is 1. The lowest BCUT2D eigenvalue weighted by Crippen LogP contribution is -2.40. The summed E-state index contributed by atoms with van der Waals surface area (Å²) in [5.74, 6) is 0. The van der Waals surface area contributed by atoms with E-state index in [1.807, 2.05) is 18.5 Å². The van der Waals surface area contributed by atoms with Crippen LogP contribution in [-0.2, 0) is 21.8 Å². The van der Waals surface area contributed by atoms with Gasteiger partial charge in [-0.2, -0.15) is 0 Å². The van der Waals surface area contributed by atoms with Crippen LogP contribution in [0.1, 0.15) is 30.2 Å². The van der Waals surface area contributed by atoms with Gasteiger partial charge in [0.1, 0.15) is 6.10 Å². The van der Waals surface area contributed by atoms with E-state index in [4.69, 9.17) is 4.74 Å². The molecule has 1 N–H and O–H groups in total. The van der Waals surface area contributed by atoms with E-state index in [1.165, 1.54) is 0 Å². The van der Waals surface area contributed by atoms with Gasteiger partial charge in [0, 0.05) is 31.3 Å². The number of fused-ring (bicyclic) bond motifs is 1. The van der Waals surface area contributed by atoms with Gasteiger partial charge < -0.3 is 9.30 Å². The first kappa shape index (κ1) is 18.1. The summed E-state index contributed by atoms with van der Waals surface area (Å²) >= 11 is 0. The molecule has 1 fully saturated rings. The van der Waals surface area contributed by atoms with E-state index in [0.29, 0.717) is 30.4 Å². The van der Waals surface area contributed by atoms with Crippen molar-refractivity contribution in [2.45, 2.75) is 36.8 Å². The molecule has 27 heavy (non-hydrogen) atoms.